The van der Waals surface area contributed by atoms with Crippen molar-refractivity contribution >= 4 is 11.8 Å². The van der Waals surface area contributed by atoms with Crippen LogP contribution in [0, 0.1) is 11.7 Å². The smallest absolute Gasteiger partial charge is 0.256 e. The fraction of sp³-hybridized carbons (Fsp3) is 0.300. The summed E-state index contributed by atoms with van der Waals surface area (Å²) in [6.07, 6.45) is 1.92. The lowest BCUT2D eigenvalue weighted by atomic mass is 10.0. The Balaban J connectivity index is 1.40. The Morgan fingerprint density at radius 1 is 1.00 bits per heavy atom. The van der Waals surface area contributed by atoms with E-state index in [2.05, 4.69) is 5.32 Å². The Hall–Kier alpha value is -2.69. The highest BCUT2D eigenvalue weighted by molar-refractivity contribution is 5.95. The van der Waals surface area contributed by atoms with Gasteiger partial charge in [0, 0.05) is 19.0 Å². The standard InChI is InChI=1S/C20H19FN2O2/c21-18-10-15(13-4-2-1-3-5-13)8-9-17(18)20(25)23-11-16(12-23)22-19(24)14-6-7-14/h1-5,8-10,14,16H,6-7,11-12H2,(H,22,24). The third-order valence-corrected chi connectivity index (χ3v) is 4.77. The first kappa shape index (κ1) is 15.8. The van der Waals surface area contributed by atoms with Crippen molar-refractivity contribution in [3.8, 4) is 11.1 Å². The second-order valence-electron chi connectivity index (χ2n) is 6.75. The van der Waals surface area contributed by atoms with E-state index in [1.54, 1.807) is 11.0 Å². The van der Waals surface area contributed by atoms with E-state index in [9.17, 15) is 14.0 Å². The molecule has 128 valence electrons. The summed E-state index contributed by atoms with van der Waals surface area (Å²) in [6, 6.07) is 14.2. The summed E-state index contributed by atoms with van der Waals surface area (Å²) in [7, 11) is 0. The molecule has 0 spiro atoms. The van der Waals surface area contributed by atoms with Crippen molar-refractivity contribution in [3.63, 3.8) is 0 Å². The number of nitrogens with one attached hydrogen (secondary N) is 1. The van der Waals surface area contributed by atoms with E-state index < -0.39 is 5.82 Å². The number of hydrogen-bond acceptors (Lipinski definition) is 2. The Morgan fingerprint density at radius 3 is 2.36 bits per heavy atom. The van der Waals surface area contributed by atoms with E-state index in [0.29, 0.717) is 13.1 Å². The lowest BCUT2D eigenvalue weighted by Gasteiger charge is -2.39. The maximum Gasteiger partial charge on any atom is 0.256 e. The summed E-state index contributed by atoms with van der Waals surface area (Å²) >= 11 is 0. The number of carbonyl (C=O) groups is 2. The Bertz CT molecular complexity index is 812. The summed E-state index contributed by atoms with van der Waals surface area (Å²) in [4.78, 5) is 25.7. The van der Waals surface area contributed by atoms with Crippen molar-refractivity contribution in [2.75, 3.05) is 13.1 Å². The van der Waals surface area contributed by atoms with Crippen LogP contribution in [0.4, 0.5) is 4.39 Å². The molecule has 5 heteroatoms. The third-order valence-electron chi connectivity index (χ3n) is 4.77. The van der Waals surface area contributed by atoms with E-state index in [4.69, 9.17) is 0 Å². The minimum Gasteiger partial charge on any atom is -0.350 e. The number of amides is 2. The van der Waals surface area contributed by atoms with Crippen molar-refractivity contribution in [2.24, 2.45) is 5.92 Å². The van der Waals surface area contributed by atoms with Crippen molar-refractivity contribution in [2.45, 2.75) is 18.9 Å². The molecule has 1 saturated carbocycles. The van der Waals surface area contributed by atoms with Crippen LogP contribution < -0.4 is 5.32 Å². The van der Waals surface area contributed by atoms with Crippen LogP contribution in [0.15, 0.2) is 48.5 Å². The molecule has 2 amide bonds. The average molecular weight is 338 g/mol. The molecular weight excluding hydrogens is 319 g/mol. The molecular formula is C20H19FN2O2. The number of hydrogen-bond donors (Lipinski definition) is 1. The van der Waals surface area contributed by atoms with E-state index >= 15 is 0 Å². The second kappa shape index (κ2) is 6.31. The molecule has 2 fully saturated rings. The Kier molecular flexibility index (Phi) is 3.99. The zero-order valence-electron chi connectivity index (χ0n) is 13.7. The zero-order chi connectivity index (χ0) is 17.4. The molecule has 1 aliphatic heterocycles. The first-order valence-electron chi connectivity index (χ1n) is 8.56. The molecule has 4 rings (SSSR count). The van der Waals surface area contributed by atoms with Crippen LogP contribution in [0.2, 0.25) is 0 Å². The molecule has 2 aromatic carbocycles. The maximum atomic E-state index is 14.4. The summed E-state index contributed by atoms with van der Waals surface area (Å²) < 4.78 is 14.4. The lowest BCUT2D eigenvalue weighted by Crippen LogP contribution is -2.61. The molecule has 1 N–H and O–H groups in total. The molecule has 25 heavy (non-hydrogen) atoms. The molecule has 1 aliphatic carbocycles. The fourth-order valence-corrected chi connectivity index (χ4v) is 3.07. The molecule has 2 aliphatic rings. The van der Waals surface area contributed by atoms with Gasteiger partial charge < -0.3 is 10.2 Å². The molecule has 0 atom stereocenters. The van der Waals surface area contributed by atoms with Crippen LogP contribution in [-0.4, -0.2) is 35.8 Å². The van der Waals surface area contributed by atoms with Gasteiger partial charge in [-0.25, -0.2) is 4.39 Å². The van der Waals surface area contributed by atoms with Gasteiger partial charge in [0.2, 0.25) is 5.91 Å². The minimum atomic E-state index is -0.517. The maximum absolute atomic E-state index is 14.4. The largest absolute Gasteiger partial charge is 0.350 e. The van der Waals surface area contributed by atoms with Gasteiger partial charge in [-0.05, 0) is 36.1 Å². The highest BCUT2D eigenvalue weighted by atomic mass is 19.1. The van der Waals surface area contributed by atoms with Crippen LogP contribution in [0.1, 0.15) is 23.2 Å². The van der Waals surface area contributed by atoms with Crippen molar-refractivity contribution in [3.05, 3.63) is 59.9 Å². The number of rotatable bonds is 4. The zero-order valence-corrected chi connectivity index (χ0v) is 13.7. The average Bonchev–Trinajstić information content (AvgIpc) is 3.43. The summed E-state index contributed by atoms with van der Waals surface area (Å²) in [6.45, 7) is 0.883. The minimum absolute atomic E-state index is 0.0105. The Morgan fingerprint density at radius 2 is 1.72 bits per heavy atom. The predicted molar refractivity (Wildman–Crippen MR) is 92.4 cm³/mol. The number of carbonyl (C=O) groups excluding carboxylic acids is 2. The van der Waals surface area contributed by atoms with Crippen LogP contribution in [0.3, 0.4) is 0 Å². The van der Waals surface area contributed by atoms with E-state index in [1.807, 2.05) is 30.3 Å². The molecule has 2 aromatic rings. The van der Waals surface area contributed by atoms with Crippen LogP contribution >= 0.6 is 0 Å². The lowest BCUT2D eigenvalue weighted by molar-refractivity contribution is -0.123. The molecule has 1 saturated heterocycles. The van der Waals surface area contributed by atoms with Crippen LogP contribution in [0.25, 0.3) is 11.1 Å². The quantitative estimate of drug-likeness (QED) is 0.932. The predicted octanol–water partition coefficient (Wildman–Crippen LogP) is 2.84. The molecule has 4 nitrogen and oxygen atoms in total. The monoisotopic (exact) mass is 338 g/mol. The number of likely N-dealkylation sites (tertiary alicyclic amines) is 1. The normalized spacial score (nSPS) is 17.1. The summed E-state index contributed by atoms with van der Waals surface area (Å²) in [5, 5.41) is 2.93. The van der Waals surface area contributed by atoms with E-state index in [0.717, 1.165) is 24.0 Å². The first-order chi connectivity index (χ1) is 12.1. The third kappa shape index (κ3) is 3.27. The van der Waals surface area contributed by atoms with Crippen LogP contribution in [0.5, 0.6) is 0 Å². The fourth-order valence-electron chi connectivity index (χ4n) is 3.07. The SMILES string of the molecule is O=C(NC1CN(C(=O)c2ccc(-c3ccccc3)cc2F)C1)C1CC1. The molecule has 1 heterocycles. The van der Waals surface area contributed by atoms with Gasteiger partial charge in [0.1, 0.15) is 5.82 Å². The van der Waals surface area contributed by atoms with Gasteiger partial charge in [0.15, 0.2) is 0 Å². The van der Waals surface area contributed by atoms with Gasteiger partial charge in [-0.3, -0.25) is 9.59 Å². The van der Waals surface area contributed by atoms with Gasteiger partial charge in [-0.2, -0.15) is 0 Å². The van der Waals surface area contributed by atoms with Crippen molar-refractivity contribution in [1.29, 1.82) is 0 Å². The molecule has 0 aromatic heterocycles. The van der Waals surface area contributed by atoms with Crippen LogP contribution in [-0.2, 0) is 4.79 Å². The van der Waals surface area contributed by atoms with Gasteiger partial charge in [-0.15, -0.1) is 0 Å². The topological polar surface area (TPSA) is 49.4 Å². The highest BCUT2D eigenvalue weighted by Gasteiger charge is 2.36. The van der Waals surface area contributed by atoms with E-state index in [-0.39, 0.29) is 29.3 Å². The van der Waals surface area contributed by atoms with Gasteiger partial charge >= 0.3 is 0 Å². The molecule has 0 radical (unpaired) electrons. The van der Waals surface area contributed by atoms with Gasteiger partial charge in [-0.1, -0.05) is 36.4 Å². The summed E-state index contributed by atoms with van der Waals surface area (Å²) in [5.41, 5.74) is 1.73. The number of nitrogens with zero attached hydrogens (tertiary/aromatic N) is 1. The second-order valence-corrected chi connectivity index (χ2v) is 6.75. The molecule has 0 bridgehead atoms. The van der Waals surface area contributed by atoms with Gasteiger partial charge in [0.05, 0.1) is 11.6 Å². The van der Waals surface area contributed by atoms with Crippen molar-refractivity contribution in [1.82, 2.24) is 10.2 Å². The number of benzene rings is 2. The van der Waals surface area contributed by atoms with Crippen molar-refractivity contribution < 1.29 is 14.0 Å². The molecule has 0 unspecified atom stereocenters. The Labute approximate surface area is 145 Å². The highest BCUT2D eigenvalue weighted by Crippen LogP contribution is 2.29. The van der Waals surface area contributed by atoms with E-state index in [1.165, 1.54) is 12.1 Å². The summed E-state index contributed by atoms with van der Waals surface area (Å²) in [5.74, 6) is -0.603. The first-order valence-corrected chi connectivity index (χ1v) is 8.56. The van der Waals surface area contributed by atoms with Gasteiger partial charge in [0.25, 0.3) is 5.91 Å². The number of halogens is 1.